The van der Waals surface area contributed by atoms with Crippen molar-refractivity contribution in [2.45, 2.75) is 5.00 Å². The second kappa shape index (κ2) is 3.81. The van der Waals surface area contributed by atoms with Crippen molar-refractivity contribution in [1.29, 1.82) is 0 Å². The molecule has 1 rings (SSSR count). The molecule has 0 bridgehead atoms. The van der Waals surface area contributed by atoms with Gasteiger partial charge in [0.05, 0.1) is 0 Å². The summed E-state index contributed by atoms with van der Waals surface area (Å²) in [6.45, 7) is 0.910. The van der Waals surface area contributed by atoms with Crippen molar-refractivity contribution in [1.82, 2.24) is 4.90 Å². The second-order valence-electron chi connectivity index (χ2n) is 2.72. The van der Waals surface area contributed by atoms with Crippen molar-refractivity contribution >= 4 is 17.5 Å². The lowest BCUT2D eigenvalue weighted by atomic mass is 10.1. The third kappa shape index (κ3) is 1.84. The minimum Gasteiger partial charge on any atom is -0.366 e. The average molecular weight is 202 g/mol. The molecular formula is C8H12ClN3O. The monoisotopic (exact) mass is 201 g/mol. The molecule has 1 aliphatic heterocycles. The highest BCUT2D eigenvalue weighted by molar-refractivity contribution is 6.36. The molecule has 0 aliphatic carbocycles. The lowest BCUT2D eigenvalue weighted by Crippen LogP contribution is -2.51. The van der Waals surface area contributed by atoms with Crippen LogP contribution in [0.1, 0.15) is 0 Å². The molecule has 4 nitrogen and oxygen atoms in total. The standard InChI is InChI=1S/C8H12ClN3O/c9-8(7(11)13)3-1-2-5-12(8)6-4-10/h1-3,5H,4,6,10H2,(H2,11,13). The fraction of sp³-hybridized carbons (Fsp3) is 0.375. The maximum absolute atomic E-state index is 11.1. The molecule has 0 aromatic heterocycles. The van der Waals surface area contributed by atoms with Crippen LogP contribution in [-0.2, 0) is 4.79 Å². The van der Waals surface area contributed by atoms with Crippen molar-refractivity contribution in [3.8, 4) is 0 Å². The van der Waals surface area contributed by atoms with E-state index in [4.69, 9.17) is 23.1 Å². The Morgan fingerprint density at radius 2 is 2.23 bits per heavy atom. The van der Waals surface area contributed by atoms with Crippen LogP contribution < -0.4 is 11.5 Å². The first-order valence-corrected chi connectivity index (χ1v) is 4.30. The fourth-order valence-corrected chi connectivity index (χ4v) is 1.35. The maximum atomic E-state index is 11.1. The van der Waals surface area contributed by atoms with E-state index in [9.17, 15) is 4.79 Å². The Morgan fingerprint density at radius 3 is 2.77 bits per heavy atom. The van der Waals surface area contributed by atoms with Gasteiger partial charge in [0.1, 0.15) is 0 Å². The van der Waals surface area contributed by atoms with Gasteiger partial charge in [0, 0.05) is 19.3 Å². The highest BCUT2D eigenvalue weighted by Gasteiger charge is 2.37. The molecule has 4 N–H and O–H groups in total. The van der Waals surface area contributed by atoms with Crippen LogP contribution in [0.15, 0.2) is 24.4 Å². The van der Waals surface area contributed by atoms with E-state index < -0.39 is 10.9 Å². The number of alkyl halides is 1. The van der Waals surface area contributed by atoms with Gasteiger partial charge in [0.15, 0.2) is 0 Å². The lowest BCUT2D eigenvalue weighted by Gasteiger charge is -2.34. The minimum absolute atomic E-state index is 0.417. The molecule has 1 atom stereocenters. The highest BCUT2D eigenvalue weighted by atomic mass is 35.5. The molecule has 72 valence electrons. The maximum Gasteiger partial charge on any atom is 0.263 e. The predicted molar refractivity (Wildman–Crippen MR) is 51.8 cm³/mol. The number of amides is 1. The summed E-state index contributed by atoms with van der Waals surface area (Å²) >= 11 is 6.01. The molecule has 1 aliphatic rings. The van der Waals surface area contributed by atoms with E-state index in [0.29, 0.717) is 13.1 Å². The van der Waals surface area contributed by atoms with E-state index in [-0.39, 0.29) is 0 Å². The van der Waals surface area contributed by atoms with Gasteiger partial charge >= 0.3 is 0 Å². The molecule has 0 aromatic rings. The number of halogens is 1. The van der Waals surface area contributed by atoms with E-state index in [2.05, 4.69) is 0 Å². The number of hydrogen-bond donors (Lipinski definition) is 2. The Kier molecular flexibility index (Phi) is 2.95. The zero-order valence-corrected chi connectivity index (χ0v) is 7.87. The Bertz CT molecular complexity index is 264. The zero-order chi connectivity index (χ0) is 9.90. The molecule has 0 radical (unpaired) electrons. The number of allylic oxidation sites excluding steroid dienone is 2. The smallest absolute Gasteiger partial charge is 0.263 e. The Hall–Kier alpha value is -1.00. The number of carbonyl (C=O) groups excluding carboxylic acids is 1. The van der Waals surface area contributed by atoms with Crippen LogP contribution in [0.2, 0.25) is 0 Å². The first kappa shape index (κ1) is 10.1. The van der Waals surface area contributed by atoms with Crippen LogP contribution in [0.3, 0.4) is 0 Å². The number of nitrogens with zero attached hydrogens (tertiary/aromatic N) is 1. The average Bonchev–Trinajstić information content (AvgIpc) is 2.09. The molecule has 0 aromatic carbocycles. The van der Waals surface area contributed by atoms with Crippen LogP contribution in [-0.4, -0.2) is 28.9 Å². The molecule has 1 amide bonds. The summed E-state index contributed by atoms with van der Waals surface area (Å²) in [4.78, 5) is 11.4. The molecule has 1 heterocycles. The molecule has 5 heteroatoms. The van der Waals surface area contributed by atoms with Crippen LogP contribution >= 0.6 is 11.6 Å². The summed E-state index contributed by atoms with van der Waals surface area (Å²) in [5.74, 6) is -0.594. The Balaban J connectivity index is 2.86. The molecule has 0 saturated carbocycles. The summed E-state index contributed by atoms with van der Waals surface area (Å²) in [7, 11) is 0. The van der Waals surface area contributed by atoms with Crippen LogP contribution in [0.25, 0.3) is 0 Å². The van der Waals surface area contributed by atoms with Crippen molar-refractivity contribution in [3.63, 3.8) is 0 Å². The number of hydrogen-bond acceptors (Lipinski definition) is 3. The molecular weight excluding hydrogens is 190 g/mol. The van der Waals surface area contributed by atoms with Gasteiger partial charge in [-0.25, -0.2) is 0 Å². The molecule has 0 saturated heterocycles. The second-order valence-corrected chi connectivity index (χ2v) is 3.30. The fourth-order valence-electron chi connectivity index (χ4n) is 1.14. The van der Waals surface area contributed by atoms with Crippen molar-refractivity contribution < 1.29 is 4.79 Å². The molecule has 13 heavy (non-hydrogen) atoms. The predicted octanol–water partition coefficient (Wildman–Crippen LogP) is -0.249. The summed E-state index contributed by atoms with van der Waals surface area (Å²) in [6.07, 6.45) is 6.71. The van der Waals surface area contributed by atoms with Gasteiger partial charge in [0.25, 0.3) is 5.91 Å². The number of nitrogens with two attached hydrogens (primary N) is 2. The van der Waals surface area contributed by atoms with Gasteiger partial charge in [-0.3, -0.25) is 4.79 Å². The van der Waals surface area contributed by atoms with Gasteiger partial charge in [-0.15, -0.1) is 0 Å². The van der Waals surface area contributed by atoms with Gasteiger partial charge in [-0.1, -0.05) is 17.7 Å². The van der Waals surface area contributed by atoms with E-state index in [1.807, 2.05) is 0 Å². The van der Waals surface area contributed by atoms with E-state index in [1.54, 1.807) is 29.3 Å². The first-order valence-electron chi connectivity index (χ1n) is 3.93. The SMILES string of the molecule is NCCN1C=CC=CC1(Cl)C(N)=O. The number of rotatable bonds is 3. The highest BCUT2D eigenvalue weighted by Crippen LogP contribution is 2.25. The molecule has 0 spiro atoms. The molecule has 0 fully saturated rings. The quantitative estimate of drug-likeness (QED) is 0.489. The summed E-state index contributed by atoms with van der Waals surface area (Å²) in [6, 6.07) is 0. The summed E-state index contributed by atoms with van der Waals surface area (Å²) < 4.78 is 0. The van der Waals surface area contributed by atoms with E-state index in [1.165, 1.54) is 0 Å². The topological polar surface area (TPSA) is 72.3 Å². The normalized spacial score (nSPS) is 26.5. The van der Waals surface area contributed by atoms with Crippen molar-refractivity contribution in [3.05, 3.63) is 24.4 Å². The third-order valence-corrected chi connectivity index (χ3v) is 2.36. The van der Waals surface area contributed by atoms with E-state index >= 15 is 0 Å². The minimum atomic E-state index is -1.26. The summed E-state index contributed by atoms with van der Waals surface area (Å²) in [5, 5.41) is 0. The third-order valence-electron chi connectivity index (χ3n) is 1.83. The Morgan fingerprint density at radius 1 is 1.54 bits per heavy atom. The Labute approximate surface area is 81.8 Å². The lowest BCUT2D eigenvalue weighted by molar-refractivity contribution is -0.122. The number of carbonyl (C=O) groups is 1. The van der Waals surface area contributed by atoms with E-state index in [0.717, 1.165) is 0 Å². The molecule has 1 unspecified atom stereocenters. The van der Waals surface area contributed by atoms with Crippen molar-refractivity contribution in [2.75, 3.05) is 13.1 Å². The largest absolute Gasteiger partial charge is 0.366 e. The first-order chi connectivity index (χ1) is 6.11. The van der Waals surface area contributed by atoms with Gasteiger partial charge < -0.3 is 16.4 Å². The van der Waals surface area contributed by atoms with Crippen LogP contribution in [0, 0.1) is 0 Å². The van der Waals surface area contributed by atoms with Crippen LogP contribution in [0.5, 0.6) is 0 Å². The van der Waals surface area contributed by atoms with Crippen LogP contribution in [0.4, 0.5) is 0 Å². The summed E-state index contributed by atoms with van der Waals surface area (Å²) in [5.41, 5.74) is 10.6. The zero-order valence-electron chi connectivity index (χ0n) is 7.11. The van der Waals surface area contributed by atoms with Gasteiger partial charge in [-0.05, 0) is 12.2 Å². The van der Waals surface area contributed by atoms with Crippen molar-refractivity contribution in [2.24, 2.45) is 11.5 Å². The van der Waals surface area contributed by atoms with Gasteiger partial charge in [0.2, 0.25) is 5.00 Å². The number of primary amides is 1. The van der Waals surface area contributed by atoms with Gasteiger partial charge in [-0.2, -0.15) is 0 Å².